The first-order chi connectivity index (χ1) is 8.46. The van der Waals surface area contributed by atoms with Crippen molar-refractivity contribution >= 4 is 17.3 Å². The monoisotopic (exact) mass is 255 g/mol. The van der Waals surface area contributed by atoms with E-state index < -0.39 is 5.92 Å². The van der Waals surface area contributed by atoms with Crippen LogP contribution in [0.1, 0.15) is 31.0 Å². The zero-order valence-corrected chi connectivity index (χ0v) is 9.87. The second-order valence-corrected chi connectivity index (χ2v) is 5.01. The molecule has 18 heavy (non-hydrogen) atoms. The molecule has 4 N–H and O–H groups in total. The van der Waals surface area contributed by atoms with Gasteiger partial charge in [-0.1, -0.05) is 0 Å². The number of rotatable bonds is 2. The van der Waals surface area contributed by atoms with E-state index in [2.05, 4.69) is 9.97 Å². The molecule has 0 radical (unpaired) electrons. The Kier molecular flexibility index (Phi) is 2.33. The van der Waals surface area contributed by atoms with Crippen molar-refractivity contribution in [2.75, 3.05) is 29.5 Å². The Morgan fingerprint density at radius 3 is 2.50 bits per heavy atom. The van der Waals surface area contributed by atoms with E-state index in [9.17, 15) is 8.78 Å². The molecule has 2 aliphatic rings. The highest BCUT2D eigenvalue weighted by Gasteiger charge is 2.40. The van der Waals surface area contributed by atoms with E-state index in [-0.39, 0.29) is 31.0 Å². The molecule has 1 aliphatic carbocycles. The van der Waals surface area contributed by atoms with Crippen LogP contribution in [-0.2, 0) is 0 Å². The van der Waals surface area contributed by atoms with Gasteiger partial charge in [0.2, 0.25) is 0 Å². The van der Waals surface area contributed by atoms with Gasteiger partial charge in [0.15, 0.2) is 11.6 Å². The molecular formula is C11H15F2N5. The molecule has 1 aromatic heterocycles. The van der Waals surface area contributed by atoms with E-state index in [0.717, 1.165) is 12.8 Å². The maximum Gasteiger partial charge on any atom is 0.266 e. The topological polar surface area (TPSA) is 81.1 Å². The Morgan fingerprint density at radius 2 is 1.94 bits per heavy atom. The minimum atomic E-state index is -2.67. The Balaban J connectivity index is 1.95. The number of nitrogen functional groups attached to an aromatic ring is 2. The first-order valence-corrected chi connectivity index (χ1v) is 6.02. The molecule has 3 rings (SSSR count). The van der Waals surface area contributed by atoms with E-state index in [1.54, 1.807) is 0 Å². The molecule has 7 heteroatoms. The number of nitrogens with two attached hydrogens (primary N) is 2. The van der Waals surface area contributed by atoms with Crippen molar-refractivity contribution in [1.82, 2.24) is 9.97 Å². The van der Waals surface area contributed by atoms with Gasteiger partial charge in [-0.15, -0.1) is 0 Å². The summed E-state index contributed by atoms with van der Waals surface area (Å²) in [6.45, 7) is -0.102. The van der Waals surface area contributed by atoms with Crippen LogP contribution in [-0.4, -0.2) is 29.0 Å². The molecule has 2 fully saturated rings. The maximum absolute atomic E-state index is 13.2. The molecule has 1 aliphatic heterocycles. The van der Waals surface area contributed by atoms with Crippen molar-refractivity contribution in [2.24, 2.45) is 0 Å². The highest BCUT2D eigenvalue weighted by molar-refractivity contribution is 5.74. The van der Waals surface area contributed by atoms with Gasteiger partial charge >= 0.3 is 0 Å². The maximum atomic E-state index is 13.2. The molecule has 0 aromatic carbocycles. The van der Waals surface area contributed by atoms with Crippen molar-refractivity contribution in [2.45, 2.75) is 31.1 Å². The molecule has 5 nitrogen and oxygen atoms in total. The van der Waals surface area contributed by atoms with Crippen LogP contribution in [0.2, 0.25) is 0 Å². The first kappa shape index (κ1) is 11.4. The van der Waals surface area contributed by atoms with Crippen LogP contribution >= 0.6 is 0 Å². The number of anilines is 3. The number of aromatic nitrogens is 2. The van der Waals surface area contributed by atoms with Crippen LogP contribution in [0.4, 0.5) is 26.1 Å². The van der Waals surface area contributed by atoms with Gasteiger partial charge in [0.25, 0.3) is 5.92 Å². The molecule has 0 atom stereocenters. The number of hydrogen-bond acceptors (Lipinski definition) is 5. The van der Waals surface area contributed by atoms with E-state index in [1.165, 1.54) is 4.90 Å². The SMILES string of the molecule is Nc1nc(C2CC2)nc(N2CCC(F)(F)C2)c1N. The Morgan fingerprint density at radius 1 is 1.22 bits per heavy atom. The fourth-order valence-electron chi connectivity index (χ4n) is 2.17. The van der Waals surface area contributed by atoms with Crippen molar-refractivity contribution < 1.29 is 8.78 Å². The lowest BCUT2D eigenvalue weighted by Crippen LogP contribution is -2.27. The lowest BCUT2D eigenvalue weighted by molar-refractivity contribution is 0.0257. The summed E-state index contributed by atoms with van der Waals surface area (Å²) in [7, 11) is 0. The van der Waals surface area contributed by atoms with Gasteiger partial charge in [-0.05, 0) is 12.8 Å². The van der Waals surface area contributed by atoms with E-state index >= 15 is 0 Å². The summed E-state index contributed by atoms with van der Waals surface area (Å²) in [5.41, 5.74) is 11.7. The third-order valence-electron chi connectivity index (χ3n) is 3.38. The first-order valence-electron chi connectivity index (χ1n) is 6.02. The number of alkyl halides is 2. The molecule has 1 saturated carbocycles. The molecule has 1 aromatic rings. The molecular weight excluding hydrogens is 240 g/mol. The summed E-state index contributed by atoms with van der Waals surface area (Å²) < 4.78 is 26.5. The fourth-order valence-corrected chi connectivity index (χ4v) is 2.17. The van der Waals surface area contributed by atoms with Gasteiger partial charge in [0.05, 0.1) is 6.54 Å². The Bertz CT molecular complexity index is 487. The third-order valence-corrected chi connectivity index (χ3v) is 3.38. The molecule has 0 amide bonds. The molecule has 2 heterocycles. The number of halogens is 2. The standard InChI is InChI=1S/C11H15F2N5/c12-11(13)3-4-18(5-11)10-7(14)8(15)16-9(17-10)6-1-2-6/h6H,1-5,14H2,(H2,15,16,17). The zero-order valence-electron chi connectivity index (χ0n) is 9.87. The predicted molar refractivity (Wildman–Crippen MR) is 64.6 cm³/mol. The minimum absolute atomic E-state index is 0.172. The van der Waals surface area contributed by atoms with E-state index in [4.69, 9.17) is 11.5 Å². The van der Waals surface area contributed by atoms with Gasteiger partial charge in [-0.2, -0.15) is 0 Å². The van der Waals surface area contributed by atoms with Crippen LogP contribution in [0.3, 0.4) is 0 Å². The van der Waals surface area contributed by atoms with Gasteiger partial charge in [-0.3, -0.25) is 0 Å². The van der Waals surface area contributed by atoms with Crippen molar-refractivity contribution in [3.63, 3.8) is 0 Å². The molecule has 0 unspecified atom stereocenters. The van der Waals surface area contributed by atoms with Gasteiger partial charge < -0.3 is 16.4 Å². The third kappa shape index (κ3) is 1.93. The smallest absolute Gasteiger partial charge is 0.266 e. The highest BCUT2D eigenvalue weighted by atomic mass is 19.3. The molecule has 0 spiro atoms. The number of hydrogen-bond donors (Lipinski definition) is 2. The summed E-state index contributed by atoms with van der Waals surface area (Å²) in [5.74, 6) is -1.17. The van der Waals surface area contributed by atoms with Crippen LogP contribution in [0.5, 0.6) is 0 Å². The van der Waals surface area contributed by atoms with Gasteiger partial charge in [0, 0.05) is 18.9 Å². The lowest BCUT2D eigenvalue weighted by Gasteiger charge is -2.20. The summed E-state index contributed by atoms with van der Waals surface area (Å²) >= 11 is 0. The second kappa shape index (κ2) is 3.66. The molecule has 98 valence electrons. The highest BCUT2D eigenvalue weighted by Crippen LogP contribution is 2.41. The van der Waals surface area contributed by atoms with Crippen LogP contribution in [0.25, 0.3) is 0 Å². The van der Waals surface area contributed by atoms with Crippen LogP contribution in [0, 0.1) is 0 Å². The largest absolute Gasteiger partial charge is 0.393 e. The van der Waals surface area contributed by atoms with Gasteiger partial charge in [0.1, 0.15) is 11.5 Å². The average Bonchev–Trinajstić information content (AvgIpc) is 3.07. The Hall–Kier alpha value is -1.66. The minimum Gasteiger partial charge on any atom is -0.393 e. The van der Waals surface area contributed by atoms with E-state index in [0.29, 0.717) is 17.6 Å². The van der Waals surface area contributed by atoms with Gasteiger partial charge in [-0.25, -0.2) is 18.7 Å². The van der Waals surface area contributed by atoms with Crippen LogP contribution < -0.4 is 16.4 Å². The summed E-state index contributed by atoms with van der Waals surface area (Å²) in [6.07, 6.45) is 1.88. The van der Waals surface area contributed by atoms with E-state index in [1.807, 2.05) is 0 Å². The summed E-state index contributed by atoms with van der Waals surface area (Å²) in [6, 6.07) is 0. The summed E-state index contributed by atoms with van der Waals surface area (Å²) in [4.78, 5) is 9.95. The molecule has 1 saturated heterocycles. The van der Waals surface area contributed by atoms with Crippen molar-refractivity contribution in [1.29, 1.82) is 0 Å². The lowest BCUT2D eigenvalue weighted by atomic mass is 10.3. The average molecular weight is 255 g/mol. The predicted octanol–water partition coefficient (Wildman–Crippen LogP) is 1.36. The van der Waals surface area contributed by atoms with Crippen molar-refractivity contribution in [3.8, 4) is 0 Å². The van der Waals surface area contributed by atoms with Crippen LogP contribution in [0.15, 0.2) is 0 Å². The Labute approximate surface area is 103 Å². The molecule has 0 bridgehead atoms. The fraction of sp³-hybridized carbons (Fsp3) is 0.636. The normalized spacial score (nSPS) is 22.4. The zero-order chi connectivity index (χ0) is 12.9. The summed E-state index contributed by atoms with van der Waals surface area (Å²) in [5, 5.41) is 0. The quantitative estimate of drug-likeness (QED) is 0.834. The second-order valence-electron chi connectivity index (χ2n) is 5.01. The van der Waals surface area contributed by atoms with Crippen molar-refractivity contribution in [3.05, 3.63) is 5.82 Å². The number of nitrogens with zero attached hydrogens (tertiary/aromatic N) is 3.